The van der Waals surface area contributed by atoms with Crippen LogP contribution in [0, 0.1) is 0 Å². The first-order valence-electron chi connectivity index (χ1n) is 5.31. The molecule has 0 N–H and O–H groups in total. The Morgan fingerprint density at radius 3 is 2.56 bits per heavy atom. The number of rotatable bonds is 4. The summed E-state index contributed by atoms with van der Waals surface area (Å²) in [4.78, 5) is 12.0. The molecule has 2 aromatic carbocycles. The molecule has 0 spiro atoms. The zero-order valence-corrected chi connectivity index (χ0v) is 12.6. The van der Waals surface area contributed by atoms with Crippen molar-refractivity contribution >= 4 is 45.6 Å². The van der Waals surface area contributed by atoms with Crippen LogP contribution in [0.4, 0.5) is 0 Å². The molecule has 0 aliphatic heterocycles. The van der Waals surface area contributed by atoms with Gasteiger partial charge in [-0.2, -0.15) is 0 Å². The number of carbonyl (C=O) groups is 1. The second-order valence-electron chi connectivity index (χ2n) is 3.72. The van der Waals surface area contributed by atoms with E-state index in [4.69, 9.17) is 11.6 Å². The van der Waals surface area contributed by atoms with Crippen molar-refractivity contribution in [1.82, 2.24) is 0 Å². The van der Waals surface area contributed by atoms with Crippen molar-refractivity contribution in [2.75, 3.05) is 0 Å². The van der Waals surface area contributed by atoms with E-state index in [1.54, 1.807) is 11.8 Å². The normalized spacial score (nSPS) is 10.3. The minimum absolute atomic E-state index is 0.711. The van der Waals surface area contributed by atoms with Gasteiger partial charge >= 0.3 is 0 Å². The van der Waals surface area contributed by atoms with E-state index >= 15 is 0 Å². The third-order valence-corrected chi connectivity index (χ3v) is 4.31. The van der Waals surface area contributed by atoms with Gasteiger partial charge in [0.15, 0.2) is 6.29 Å². The summed E-state index contributed by atoms with van der Waals surface area (Å²) in [6.07, 6.45) is 0.884. The Balaban J connectivity index is 2.10. The molecule has 0 heterocycles. The average Bonchev–Trinajstić information content (AvgIpc) is 2.39. The van der Waals surface area contributed by atoms with E-state index < -0.39 is 0 Å². The highest BCUT2D eigenvalue weighted by atomic mass is 79.9. The highest BCUT2D eigenvalue weighted by molar-refractivity contribution is 9.10. The van der Waals surface area contributed by atoms with Gasteiger partial charge in [0.2, 0.25) is 0 Å². The van der Waals surface area contributed by atoms with E-state index in [1.165, 1.54) is 5.56 Å². The minimum atomic E-state index is 0.711. The van der Waals surface area contributed by atoms with Gasteiger partial charge in [-0.1, -0.05) is 39.7 Å². The van der Waals surface area contributed by atoms with Crippen LogP contribution in [-0.2, 0) is 5.75 Å². The fourth-order valence-corrected chi connectivity index (χ4v) is 2.94. The molecule has 18 heavy (non-hydrogen) atoms. The Bertz CT molecular complexity index is 554. The molecule has 0 unspecified atom stereocenters. The van der Waals surface area contributed by atoms with E-state index in [0.29, 0.717) is 5.56 Å². The second-order valence-corrected chi connectivity index (χ2v) is 6.08. The molecule has 92 valence electrons. The number of aldehydes is 1. The van der Waals surface area contributed by atoms with Crippen LogP contribution in [0.3, 0.4) is 0 Å². The molecule has 0 aromatic heterocycles. The maximum absolute atomic E-state index is 11.0. The Morgan fingerprint density at radius 2 is 1.89 bits per heavy atom. The predicted molar refractivity (Wildman–Crippen MR) is 80.5 cm³/mol. The molecule has 0 saturated carbocycles. The van der Waals surface area contributed by atoms with Crippen molar-refractivity contribution in [2.24, 2.45) is 0 Å². The maximum Gasteiger partial charge on any atom is 0.151 e. The first-order valence-corrected chi connectivity index (χ1v) is 7.46. The molecule has 2 aromatic rings. The second kappa shape index (κ2) is 6.41. The summed E-state index contributed by atoms with van der Waals surface area (Å²) < 4.78 is 0.917. The quantitative estimate of drug-likeness (QED) is 0.561. The zero-order chi connectivity index (χ0) is 13.0. The van der Waals surface area contributed by atoms with Gasteiger partial charge in [0.1, 0.15) is 0 Å². The van der Waals surface area contributed by atoms with Gasteiger partial charge in [0, 0.05) is 25.7 Å². The van der Waals surface area contributed by atoms with E-state index in [1.807, 2.05) is 42.5 Å². The molecule has 0 radical (unpaired) electrons. The minimum Gasteiger partial charge on any atom is -0.298 e. The highest BCUT2D eigenvalue weighted by Gasteiger charge is 2.03. The van der Waals surface area contributed by atoms with Gasteiger partial charge < -0.3 is 0 Å². The smallest absolute Gasteiger partial charge is 0.151 e. The van der Waals surface area contributed by atoms with Crippen LogP contribution in [0.25, 0.3) is 0 Å². The lowest BCUT2D eigenvalue weighted by Crippen LogP contribution is -1.87. The molecule has 0 atom stereocenters. The molecule has 0 aliphatic carbocycles. The van der Waals surface area contributed by atoms with Crippen molar-refractivity contribution in [3.63, 3.8) is 0 Å². The summed E-state index contributed by atoms with van der Waals surface area (Å²) in [6, 6.07) is 13.5. The Hall–Kier alpha value is -0.770. The number of thioether (sulfide) groups is 1. The fourth-order valence-electron chi connectivity index (χ4n) is 1.48. The van der Waals surface area contributed by atoms with Crippen LogP contribution in [0.15, 0.2) is 51.8 Å². The van der Waals surface area contributed by atoms with Crippen molar-refractivity contribution in [3.8, 4) is 0 Å². The summed E-state index contributed by atoms with van der Waals surface area (Å²) in [5.41, 5.74) is 1.90. The zero-order valence-electron chi connectivity index (χ0n) is 9.40. The third-order valence-electron chi connectivity index (χ3n) is 2.41. The van der Waals surface area contributed by atoms with E-state index in [-0.39, 0.29) is 0 Å². The molecule has 0 saturated heterocycles. The largest absolute Gasteiger partial charge is 0.298 e. The maximum atomic E-state index is 11.0. The van der Waals surface area contributed by atoms with Gasteiger partial charge in [-0.05, 0) is 35.9 Å². The molecular weight excluding hydrogens is 332 g/mol. The lowest BCUT2D eigenvalue weighted by Gasteiger charge is -2.05. The first-order chi connectivity index (χ1) is 8.69. The molecule has 4 heteroatoms. The lowest BCUT2D eigenvalue weighted by atomic mass is 10.2. The molecular formula is C14H10BrClOS. The standard InChI is InChI=1S/C14H10BrClOS/c15-12-3-6-14(11(7-12)8-17)18-9-10-1-4-13(16)5-2-10/h1-8H,9H2. The summed E-state index contributed by atoms with van der Waals surface area (Å²) >= 11 is 10.8. The first kappa shape index (κ1) is 13.7. The fraction of sp³-hybridized carbons (Fsp3) is 0.0714. The highest BCUT2D eigenvalue weighted by Crippen LogP contribution is 2.28. The van der Waals surface area contributed by atoms with E-state index in [2.05, 4.69) is 15.9 Å². The van der Waals surface area contributed by atoms with Crippen molar-refractivity contribution in [1.29, 1.82) is 0 Å². The molecule has 0 aliphatic rings. The number of hydrogen-bond donors (Lipinski definition) is 0. The number of hydrogen-bond acceptors (Lipinski definition) is 2. The van der Waals surface area contributed by atoms with E-state index in [0.717, 1.165) is 26.4 Å². The van der Waals surface area contributed by atoms with Gasteiger partial charge in [-0.3, -0.25) is 4.79 Å². The topological polar surface area (TPSA) is 17.1 Å². The summed E-state index contributed by atoms with van der Waals surface area (Å²) in [7, 11) is 0. The van der Waals surface area contributed by atoms with Crippen LogP contribution in [-0.4, -0.2) is 6.29 Å². The van der Waals surface area contributed by atoms with E-state index in [9.17, 15) is 4.79 Å². The molecule has 0 amide bonds. The lowest BCUT2D eigenvalue weighted by molar-refractivity contribution is 0.112. The predicted octanol–water partition coefficient (Wildman–Crippen LogP) is 5.21. The SMILES string of the molecule is O=Cc1cc(Br)ccc1SCc1ccc(Cl)cc1. The molecule has 1 nitrogen and oxygen atoms in total. The molecule has 0 fully saturated rings. The number of benzene rings is 2. The van der Waals surface area contributed by atoms with Crippen molar-refractivity contribution in [3.05, 3.63) is 63.1 Å². The summed E-state index contributed by atoms with van der Waals surface area (Å²) in [5, 5.41) is 0.737. The average molecular weight is 342 g/mol. The van der Waals surface area contributed by atoms with Crippen molar-refractivity contribution < 1.29 is 4.79 Å². The van der Waals surface area contributed by atoms with Gasteiger partial charge in [-0.25, -0.2) is 0 Å². The van der Waals surface area contributed by atoms with Crippen LogP contribution in [0.1, 0.15) is 15.9 Å². The summed E-state index contributed by atoms with van der Waals surface area (Å²) in [5.74, 6) is 0.819. The van der Waals surface area contributed by atoms with Gasteiger partial charge in [0.25, 0.3) is 0 Å². The number of carbonyl (C=O) groups excluding carboxylic acids is 1. The third kappa shape index (κ3) is 3.61. The molecule has 2 rings (SSSR count). The summed E-state index contributed by atoms with van der Waals surface area (Å²) in [6.45, 7) is 0. The van der Waals surface area contributed by atoms with Crippen LogP contribution in [0.5, 0.6) is 0 Å². The Labute approximate surface area is 124 Å². The molecule has 0 bridgehead atoms. The van der Waals surface area contributed by atoms with Crippen LogP contribution >= 0.6 is 39.3 Å². The monoisotopic (exact) mass is 340 g/mol. The van der Waals surface area contributed by atoms with Crippen LogP contribution in [0.2, 0.25) is 5.02 Å². The van der Waals surface area contributed by atoms with Gasteiger partial charge in [0.05, 0.1) is 0 Å². The number of halogens is 2. The van der Waals surface area contributed by atoms with Gasteiger partial charge in [-0.15, -0.1) is 11.8 Å². The Morgan fingerprint density at radius 1 is 1.17 bits per heavy atom. The van der Waals surface area contributed by atoms with Crippen LogP contribution < -0.4 is 0 Å². The Kier molecular flexibility index (Phi) is 4.87. The van der Waals surface area contributed by atoms with Crippen molar-refractivity contribution in [2.45, 2.75) is 10.6 Å².